The van der Waals surface area contributed by atoms with Crippen LogP contribution in [0, 0.1) is 10.1 Å². The summed E-state index contributed by atoms with van der Waals surface area (Å²) in [7, 11) is 2.71. The molecule has 1 rings (SSSR count). The van der Waals surface area contributed by atoms with E-state index in [0.29, 0.717) is 0 Å². The van der Waals surface area contributed by atoms with Gasteiger partial charge in [0.25, 0.3) is 11.6 Å². The average molecular weight is 255 g/mol. The lowest BCUT2D eigenvalue weighted by molar-refractivity contribution is -0.384. The molecule has 0 radical (unpaired) electrons. The van der Waals surface area contributed by atoms with Crippen molar-refractivity contribution in [1.82, 2.24) is 9.88 Å². The summed E-state index contributed by atoms with van der Waals surface area (Å²) in [6, 6.07) is 0.316. The monoisotopic (exact) mass is 255 g/mol. The number of amides is 1. The zero-order valence-electron chi connectivity index (χ0n) is 10.2. The molecule has 8 heteroatoms. The van der Waals surface area contributed by atoms with Crippen molar-refractivity contribution < 1.29 is 19.2 Å². The number of nitrogens with zero attached hydrogens (tertiary/aromatic N) is 2. The average Bonchev–Trinajstić information content (AvgIpc) is 2.70. The molecule has 0 aliphatic heterocycles. The molecule has 98 valence electrons. The summed E-state index contributed by atoms with van der Waals surface area (Å²) in [6.07, 6.45) is 1.22. The molecule has 1 aromatic heterocycles. The minimum Gasteiger partial charge on any atom is -0.467 e. The highest BCUT2D eigenvalue weighted by Crippen LogP contribution is 2.15. The maximum Gasteiger partial charge on any atom is 0.328 e. The molecule has 18 heavy (non-hydrogen) atoms. The van der Waals surface area contributed by atoms with Crippen LogP contribution < -0.4 is 5.32 Å². The molecule has 1 aromatic rings. The Morgan fingerprint density at radius 1 is 1.56 bits per heavy atom. The van der Waals surface area contributed by atoms with E-state index in [1.165, 1.54) is 31.8 Å². The summed E-state index contributed by atoms with van der Waals surface area (Å²) in [5.41, 5.74) is -0.0918. The fourth-order valence-electron chi connectivity index (χ4n) is 1.38. The lowest BCUT2D eigenvalue weighted by atomic mass is 10.3. The smallest absolute Gasteiger partial charge is 0.328 e. The van der Waals surface area contributed by atoms with Crippen LogP contribution >= 0.6 is 0 Å². The number of nitro groups is 1. The van der Waals surface area contributed by atoms with E-state index < -0.39 is 22.8 Å². The standard InChI is InChI=1S/C10H13N3O5/c1-6(10(15)18-3)11-9(14)8-4-7(13(16)17)5-12(8)2/h4-6H,1-3H3,(H,11,14)/t6-/m0/s1. The Balaban J connectivity index is 2.85. The molecular formula is C10H13N3O5. The van der Waals surface area contributed by atoms with Crippen LogP contribution in [0.4, 0.5) is 5.69 Å². The first-order chi connectivity index (χ1) is 8.36. The number of esters is 1. The third-order valence-corrected chi connectivity index (χ3v) is 2.34. The van der Waals surface area contributed by atoms with Crippen LogP contribution in [0.15, 0.2) is 12.3 Å². The first-order valence-electron chi connectivity index (χ1n) is 5.06. The van der Waals surface area contributed by atoms with E-state index in [1.807, 2.05) is 0 Å². The first-order valence-corrected chi connectivity index (χ1v) is 5.06. The lowest BCUT2D eigenvalue weighted by Crippen LogP contribution is -2.39. The predicted molar refractivity (Wildman–Crippen MR) is 61.0 cm³/mol. The third-order valence-electron chi connectivity index (χ3n) is 2.34. The molecule has 0 unspecified atom stereocenters. The predicted octanol–water partition coefficient (Wildman–Crippen LogP) is 0.225. The topological polar surface area (TPSA) is 103 Å². The van der Waals surface area contributed by atoms with Crippen molar-refractivity contribution >= 4 is 17.6 Å². The maximum atomic E-state index is 11.8. The summed E-state index contributed by atoms with van der Waals surface area (Å²) in [4.78, 5) is 32.9. The van der Waals surface area contributed by atoms with Gasteiger partial charge in [-0.1, -0.05) is 0 Å². The molecule has 1 N–H and O–H groups in total. The van der Waals surface area contributed by atoms with Crippen molar-refractivity contribution in [2.45, 2.75) is 13.0 Å². The van der Waals surface area contributed by atoms with Crippen LogP contribution in [-0.4, -0.2) is 34.5 Å². The normalized spacial score (nSPS) is 11.7. The van der Waals surface area contributed by atoms with Gasteiger partial charge in [-0.3, -0.25) is 14.9 Å². The van der Waals surface area contributed by atoms with Gasteiger partial charge in [0.1, 0.15) is 11.7 Å². The number of aromatic nitrogens is 1. The Bertz CT molecular complexity index is 494. The van der Waals surface area contributed by atoms with Gasteiger partial charge in [-0.05, 0) is 6.92 Å². The third kappa shape index (κ3) is 2.84. The van der Waals surface area contributed by atoms with E-state index in [9.17, 15) is 19.7 Å². The molecule has 0 bridgehead atoms. The molecule has 0 aliphatic carbocycles. The molecule has 0 aliphatic rings. The quantitative estimate of drug-likeness (QED) is 0.471. The van der Waals surface area contributed by atoms with E-state index in [2.05, 4.69) is 10.1 Å². The van der Waals surface area contributed by atoms with Crippen LogP contribution in [0.3, 0.4) is 0 Å². The first kappa shape index (κ1) is 13.7. The second-order valence-electron chi connectivity index (χ2n) is 3.67. The zero-order valence-corrected chi connectivity index (χ0v) is 10.2. The zero-order chi connectivity index (χ0) is 13.9. The molecule has 0 aromatic carbocycles. The summed E-state index contributed by atoms with van der Waals surface area (Å²) in [5.74, 6) is -1.17. The molecule has 0 saturated carbocycles. The van der Waals surface area contributed by atoms with Crippen molar-refractivity contribution in [2.75, 3.05) is 7.11 Å². The van der Waals surface area contributed by atoms with Gasteiger partial charge in [-0.25, -0.2) is 4.79 Å². The van der Waals surface area contributed by atoms with Gasteiger partial charge in [0.05, 0.1) is 18.2 Å². The number of rotatable bonds is 4. The second kappa shape index (κ2) is 5.30. The highest BCUT2D eigenvalue weighted by Gasteiger charge is 2.21. The van der Waals surface area contributed by atoms with Crippen molar-refractivity contribution in [2.24, 2.45) is 7.05 Å². The second-order valence-corrected chi connectivity index (χ2v) is 3.67. The van der Waals surface area contributed by atoms with Gasteiger partial charge < -0.3 is 14.6 Å². The highest BCUT2D eigenvalue weighted by atomic mass is 16.6. The van der Waals surface area contributed by atoms with E-state index in [4.69, 9.17) is 0 Å². The van der Waals surface area contributed by atoms with Gasteiger partial charge in [0.15, 0.2) is 0 Å². The molecule has 1 amide bonds. The number of carbonyl (C=O) groups excluding carboxylic acids is 2. The fraction of sp³-hybridized carbons (Fsp3) is 0.400. The number of methoxy groups -OCH3 is 1. The Morgan fingerprint density at radius 3 is 2.61 bits per heavy atom. The van der Waals surface area contributed by atoms with Crippen molar-refractivity contribution in [3.63, 3.8) is 0 Å². The number of hydrogen-bond donors (Lipinski definition) is 1. The Morgan fingerprint density at radius 2 is 2.17 bits per heavy atom. The Kier molecular flexibility index (Phi) is 4.03. The Hall–Kier alpha value is -2.38. The lowest BCUT2D eigenvalue weighted by Gasteiger charge is -2.11. The summed E-state index contributed by atoms with van der Waals surface area (Å²) < 4.78 is 5.77. The number of nitrogens with one attached hydrogen (secondary N) is 1. The van der Waals surface area contributed by atoms with E-state index in [-0.39, 0.29) is 11.4 Å². The number of hydrogen-bond acceptors (Lipinski definition) is 5. The summed E-state index contributed by atoms with van der Waals surface area (Å²) >= 11 is 0. The van der Waals surface area contributed by atoms with Crippen molar-refractivity contribution in [1.29, 1.82) is 0 Å². The Labute approximate surface area is 103 Å². The van der Waals surface area contributed by atoms with Crippen LogP contribution in [0.25, 0.3) is 0 Å². The molecule has 0 fully saturated rings. The molecular weight excluding hydrogens is 242 g/mol. The minimum absolute atomic E-state index is 0.0949. The van der Waals surface area contributed by atoms with Crippen LogP contribution in [-0.2, 0) is 16.6 Å². The highest BCUT2D eigenvalue weighted by molar-refractivity contribution is 5.96. The molecule has 1 heterocycles. The molecule has 8 nitrogen and oxygen atoms in total. The largest absolute Gasteiger partial charge is 0.467 e. The van der Waals surface area contributed by atoms with Crippen LogP contribution in [0.5, 0.6) is 0 Å². The minimum atomic E-state index is -0.823. The van der Waals surface area contributed by atoms with E-state index in [0.717, 1.165) is 6.07 Å². The summed E-state index contributed by atoms with van der Waals surface area (Å²) in [5, 5.41) is 12.9. The van der Waals surface area contributed by atoms with Gasteiger partial charge in [0.2, 0.25) is 0 Å². The van der Waals surface area contributed by atoms with Crippen LogP contribution in [0.1, 0.15) is 17.4 Å². The molecule has 0 saturated heterocycles. The van der Waals surface area contributed by atoms with Gasteiger partial charge in [-0.15, -0.1) is 0 Å². The maximum absolute atomic E-state index is 11.8. The van der Waals surface area contributed by atoms with Crippen LogP contribution in [0.2, 0.25) is 0 Å². The fourth-order valence-corrected chi connectivity index (χ4v) is 1.38. The van der Waals surface area contributed by atoms with Crippen molar-refractivity contribution in [3.05, 3.63) is 28.1 Å². The number of ether oxygens (including phenoxy) is 1. The SMILES string of the molecule is COC(=O)[C@H](C)NC(=O)c1cc([N+](=O)[O-])cn1C. The number of carbonyl (C=O) groups is 2. The number of aryl methyl sites for hydroxylation is 1. The molecule has 1 atom stereocenters. The van der Waals surface area contributed by atoms with Gasteiger partial charge in [-0.2, -0.15) is 0 Å². The van der Waals surface area contributed by atoms with Crippen molar-refractivity contribution in [3.8, 4) is 0 Å². The van der Waals surface area contributed by atoms with Gasteiger partial charge in [0, 0.05) is 13.1 Å². The summed E-state index contributed by atoms with van der Waals surface area (Å²) in [6.45, 7) is 1.46. The van der Waals surface area contributed by atoms with E-state index >= 15 is 0 Å². The molecule has 0 spiro atoms. The van der Waals surface area contributed by atoms with Gasteiger partial charge >= 0.3 is 5.97 Å². The van der Waals surface area contributed by atoms with E-state index in [1.54, 1.807) is 0 Å².